The van der Waals surface area contributed by atoms with Crippen molar-refractivity contribution in [3.63, 3.8) is 0 Å². The van der Waals surface area contributed by atoms with E-state index in [2.05, 4.69) is 5.32 Å². The Bertz CT molecular complexity index is 307. The van der Waals surface area contributed by atoms with E-state index in [1.165, 1.54) is 4.90 Å². The second-order valence-corrected chi connectivity index (χ2v) is 5.04. The van der Waals surface area contributed by atoms with Crippen LogP contribution in [-0.4, -0.2) is 66.2 Å². The van der Waals surface area contributed by atoms with E-state index >= 15 is 0 Å². The molecule has 2 unspecified atom stereocenters. The van der Waals surface area contributed by atoms with E-state index in [1.54, 1.807) is 0 Å². The van der Waals surface area contributed by atoms with Crippen LogP contribution in [0.15, 0.2) is 0 Å². The molecule has 0 radical (unpaired) electrons. The van der Waals surface area contributed by atoms with Gasteiger partial charge in [-0.25, -0.2) is 9.59 Å². The number of nitrogens with one attached hydrogen (secondary N) is 1. The Labute approximate surface area is 108 Å². The fourth-order valence-electron chi connectivity index (χ4n) is 1.95. The number of rotatable bonds is 4. The minimum Gasteiger partial charge on any atom is -0.480 e. The topological polar surface area (TPSA) is 72.9 Å². The maximum Gasteiger partial charge on any atom is 0.326 e. The van der Waals surface area contributed by atoms with Crippen molar-refractivity contribution in [2.75, 3.05) is 27.2 Å². The largest absolute Gasteiger partial charge is 0.480 e. The SMILES string of the molecule is CC(CNC(=O)N1CCCCC1C(=O)O)N(C)C. The van der Waals surface area contributed by atoms with Crippen LogP contribution in [-0.2, 0) is 4.79 Å². The Morgan fingerprint density at radius 2 is 2.11 bits per heavy atom. The molecule has 0 aliphatic carbocycles. The number of nitrogens with zero attached hydrogens (tertiary/aromatic N) is 2. The molecule has 0 bridgehead atoms. The summed E-state index contributed by atoms with van der Waals surface area (Å²) in [5, 5.41) is 11.9. The van der Waals surface area contributed by atoms with E-state index in [-0.39, 0.29) is 12.1 Å². The lowest BCUT2D eigenvalue weighted by molar-refractivity contribution is -0.143. The summed E-state index contributed by atoms with van der Waals surface area (Å²) in [6, 6.07) is -0.716. The molecule has 0 spiro atoms. The van der Waals surface area contributed by atoms with Crippen LogP contribution in [0.1, 0.15) is 26.2 Å². The van der Waals surface area contributed by atoms with Gasteiger partial charge in [0.15, 0.2) is 0 Å². The molecule has 2 amide bonds. The van der Waals surface area contributed by atoms with Crippen molar-refractivity contribution in [1.82, 2.24) is 15.1 Å². The molecule has 1 aliphatic heterocycles. The Morgan fingerprint density at radius 1 is 1.44 bits per heavy atom. The molecule has 1 saturated heterocycles. The van der Waals surface area contributed by atoms with Gasteiger partial charge in [0.1, 0.15) is 6.04 Å². The highest BCUT2D eigenvalue weighted by atomic mass is 16.4. The second-order valence-electron chi connectivity index (χ2n) is 5.04. The molecular weight excluding hydrogens is 234 g/mol. The number of carboxylic acids is 1. The number of carboxylic acid groups (broad SMARTS) is 1. The first-order valence-corrected chi connectivity index (χ1v) is 6.37. The number of likely N-dealkylation sites (N-methyl/N-ethyl adjacent to an activating group) is 1. The van der Waals surface area contributed by atoms with Gasteiger partial charge in [0, 0.05) is 19.1 Å². The maximum absolute atomic E-state index is 12.0. The molecule has 1 heterocycles. The first kappa shape index (κ1) is 14.8. The molecule has 2 N–H and O–H groups in total. The number of hydrogen-bond acceptors (Lipinski definition) is 3. The highest BCUT2D eigenvalue weighted by molar-refractivity contribution is 5.82. The van der Waals surface area contributed by atoms with Crippen LogP contribution >= 0.6 is 0 Å². The summed E-state index contributed by atoms with van der Waals surface area (Å²) in [4.78, 5) is 26.5. The van der Waals surface area contributed by atoms with Crippen LogP contribution in [0.25, 0.3) is 0 Å². The van der Waals surface area contributed by atoms with Gasteiger partial charge in [0.2, 0.25) is 0 Å². The fraction of sp³-hybridized carbons (Fsp3) is 0.833. The molecule has 1 rings (SSSR count). The highest BCUT2D eigenvalue weighted by Crippen LogP contribution is 2.17. The van der Waals surface area contributed by atoms with Crippen molar-refractivity contribution in [1.29, 1.82) is 0 Å². The van der Waals surface area contributed by atoms with Crippen molar-refractivity contribution in [3.05, 3.63) is 0 Å². The second kappa shape index (κ2) is 6.58. The van der Waals surface area contributed by atoms with Crippen LogP contribution < -0.4 is 5.32 Å². The number of carbonyl (C=O) groups excluding carboxylic acids is 1. The van der Waals surface area contributed by atoms with Crippen LogP contribution in [0.5, 0.6) is 0 Å². The van der Waals surface area contributed by atoms with E-state index in [9.17, 15) is 9.59 Å². The van der Waals surface area contributed by atoms with Crippen molar-refractivity contribution < 1.29 is 14.7 Å². The quantitative estimate of drug-likeness (QED) is 0.773. The van der Waals surface area contributed by atoms with Crippen LogP contribution in [0, 0.1) is 0 Å². The molecule has 6 heteroatoms. The Hall–Kier alpha value is -1.30. The van der Waals surface area contributed by atoms with E-state index in [1.807, 2.05) is 25.9 Å². The first-order valence-electron chi connectivity index (χ1n) is 6.37. The Morgan fingerprint density at radius 3 is 2.67 bits per heavy atom. The minimum atomic E-state index is -0.912. The summed E-state index contributed by atoms with van der Waals surface area (Å²) in [6.07, 6.45) is 2.29. The summed E-state index contributed by atoms with van der Waals surface area (Å²) in [5.74, 6) is -0.912. The summed E-state index contributed by atoms with van der Waals surface area (Å²) >= 11 is 0. The standard InChI is InChI=1S/C12H23N3O3/c1-9(14(2)3)8-13-12(18)15-7-5-4-6-10(15)11(16)17/h9-10H,4-8H2,1-3H3,(H,13,18)(H,16,17). The lowest BCUT2D eigenvalue weighted by Crippen LogP contribution is -2.53. The molecule has 1 aliphatic rings. The smallest absolute Gasteiger partial charge is 0.326 e. The number of amides is 2. The number of carbonyl (C=O) groups is 2. The zero-order chi connectivity index (χ0) is 13.7. The van der Waals surface area contributed by atoms with Crippen LogP contribution in [0.2, 0.25) is 0 Å². The summed E-state index contributed by atoms with van der Waals surface area (Å²) in [6.45, 7) is 3.05. The maximum atomic E-state index is 12.0. The van der Waals surface area contributed by atoms with Gasteiger partial charge in [0.05, 0.1) is 0 Å². The van der Waals surface area contributed by atoms with Crippen molar-refractivity contribution in [2.45, 2.75) is 38.3 Å². The number of hydrogen-bond donors (Lipinski definition) is 2. The van der Waals surface area contributed by atoms with Crippen LogP contribution in [0.4, 0.5) is 4.79 Å². The van der Waals surface area contributed by atoms with E-state index < -0.39 is 12.0 Å². The van der Waals surface area contributed by atoms with Crippen molar-refractivity contribution in [2.24, 2.45) is 0 Å². The van der Waals surface area contributed by atoms with Gasteiger partial charge in [-0.3, -0.25) is 0 Å². The highest BCUT2D eigenvalue weighted by Gasteiger charge is 2.31. The third-order valence-electron chi connectivity index (χ3n) is 3.48. The average molecular weight is 257 g/mol. The third kappa shape index (κ3) is 3.87. The number of likely N-dealkylation sites (tertiary alicyclic amines) is 1. The molecule has 2 atom stereocenters. The van der Waals surface area contributed by atoms with Crippen molar-refractivity contribution >= 4 is 12.0 Å². The predicted molar refractivity (Wildman–Crippen MR) is 68.5 cm³/mol. The third-order valence-corrected chi connectivity index (χ3v) is 3.48. The van der Waals surface area contributed by atoms with Gasteiger partial charge in [0.25, 0.3) is 0 Å². The monoisotopic (exact) mass is 257 g/mol. The fourth-order valence-corrected chi connectivity index (χ4v) is 1.95. The Kier molecular flexibility index (Phi) is 5.40. The predicted octanol–water partition coefficient (Wildman–Crippen LogP) is 0.585. The van der Waals surface area contributed by atoms with Gasteiger partial charge in [-0.05, 0) is 40.3 Å². The summed E-state index contributed by atoms with van der Waals surface area (Å²) < 4.78 is 0. The zero-order valence-corrected chi connectivity index (χ0v) is 11.3. The average Bonchev–Trinajstić information content (AvgIpc) is 2.35. The van der Waals surface area contributed by atoms with Crippen molar-refractivity contribution in [3.8, 4) is 0 Å². The normalized spacial score (nSPS) is 21.8. The first-order chi connectivity index (χ1) is 8.43. The van der Waals surface area contributed by atoms with Gasteiger partial charge in [-0.1, -0.05) is 0 Å². The molecule has 0 saturated carbocycles. The van der Waals surface area contributed by atoms with Gasteiger partial charge < -0.3 is 20.2 Å². The number of aliphatic carboxylic acids is 1. The molecule has 0 aromatic heterocycles. The van der Waals surface area contributed by atoms with Crippen LogP contribution in [0.3, 0.4) is 0 Å². The molecule has 104 valence electrons. The Balaban J connectivity index is 2.51. The molecule has 6 nitrogen and oxygen atoms in total. The number of urea groups is 1. The molecule has 0 aromatic carbocycles. The van der Waals surface area contributed by atoms with Gasteiger partial charge >= 0.3 is 12.0 Å². The van der Waals surface area contributed by atoms with Gasteiger partial charge in [-0.15, -0.1) is 0 Å². The molecule has 0 aromatic rings. The van der Waals surface area contributed by atoms with E-state index in [0.717, 1.165) is 12.8 Å². The summed E-state index contributed by atoms with van der Waals surface area (Å²) in [5.41, 5.74) is 0. The molecular formula is C12H23N3O3. The van der Waals surface area contributed by atoms with E-state index in [0.29, 0.717) is 19.5 Å². The minimum absolute atomic E-state index is 0.224. The summed E-state index contributed by atoms with van der Waals surface area (Å²) in [7, 11) is 3.88. The lowest BCUT2D eigenvalue weighted by atomic mass is 10.0. The molecule has 18 heavy (non-hydrogen) atoms. The van der Waals surface area contributed by atoms with E-state index in [4.69, 9.17) is 5.11 Å². The molecule has 1 fully saturated rings. The van der Waals surface area contributed by atoms with Gasteiger partial charge in [-0.2, -0.15) is 0 Å². The lowest BCUT2D eigenvalue weighted by Gasteiger charge is -2.33. The number of piperidine rings is 1. The zero-order valence-electron chi connectivity index (χ0n) is 11.3.